The van der Waals surface area contributed by atoms with Gasteiger partial charge in [-0.2, -0.15) is 0 Å². The molecule has 7 heteroatoms. The molecule has 0 spiro atoms. The number of hydrogen-bond acceptors (Lipinski definition) is 5. The SMILES string of the molecule is Cc1cc(Cl)ccc1OCCCC(=O)NCc1ccnc(N2CCOCC2)c1. The molecule has 1 aliphatic rings. The minimum absolute atomic E-state index is 0.0150. The Morgan fingerprint density at radius 3 is 2.89 bits per heavy atom. The topological polar surface area (TPSA) is 63.7 Å². The summed E-state index contributed by atoms with van der Waals surface area (Å²) in [6.45, 7) is 6.07. The van der Waals surface area contributed by atoms with Crippen LogP contribution in [0.2, 0.25) is 5.02 Å². The zero-order chi connectivity index (χ0) is 19.8. The Hall–Kier alpha value is -2.31. The Morgan fingerprint density at radius 1 is 1.29 bits per heavy atom. The summed E-state index contributed by atoms with van der Waals surface area (Å²) in [5.41, 5.74) is 2.03. The third-order valence-corrected chi connectivity index (χ3v) is 4.81. The Labute approximate surface area is 170 Å². The Kier molecular flexibility index (Phi) is 7.51. The van der Waals surface area contributed by atoms with Crippen molar-refractivity contribution in [1.29, 1.82) is 0 Å². The molecule has 1 amide bonds. The molecule has 1 N–H and O–H groups in total. The highest BCUT2D eigenvalue weighted by Crippen LogP contribution is 2.22. The van der Waals surface area contributed by atoms with Gasteiger partial charge in [0.1, 0.15) is 11.6 Å². The van der Waals surface area contributed by atoms with E-state index in [-0.39, 0.29) is 5.91 Å². The van der Waals surface area contributed by atoms with Crippen molar-refractivity contribution >= 4 is 23.3 Å². The molecule has 0 unspecified atom stereocenters. The lowest BCUT2D eigenvalue weighted by atomic mass is 10.2. The maximum absolute atomic E-state index is 12.1. The fourth-order valence-electron chi connectivity index (χ4n) is 3.01. The van der Waals surface area contributed by atoms with E-state index in [1.165, 1.54) is 0 Å². The van der Waals surface area contributed by atoms with Gasteiger partial charge in [0.15, 0.2) is 0 Å². The maximum Gasteiger partial charge on any atom is 0.220 e. The number of rotatable bonds is 8. The number of amides is 1. The summed E-state index contributed by atoms with van der Waals surface area (Å²) in [7, 11) is 0. The van der Waals surface area contributed by atoms with Gasteiger partial charge in [-0.05, 0) is 54.8 Å². The van der Waals surface area contributed by atoms with Gasteiger partial charge in [0.2, 0.25) is 5.91 Å². The van der Waals surface area contributed by atoms with Crippen molar-refractivity contribution < 1.29 is 14.3 Å². The number of aryl methyl sites for hydroxylation is 1. The summed E-state index contributed by atoms with van der Waals surface area (Å²) in [5.74, 6) is 1.75. The minimum Gasteiger partial charge on any atom is -0.493 e. The molecule has 2 aromatic rings. The largest absolute Gasteiger partial charge is 0.493 e. The van der Waals surface area contributed by atoms with Crippen LogP contribution in [0.15, 0.2) is 36.5 Å². The van der Waals surface area contributed by atoms with Crippen molar-refractivity contribution in [3.05, 3.63) is 52.7 Å². The van der Waals surface area contributed by atoms with Crippen LogP contribution in [0.5, 0.6) is 5.75 Å². The molecule has 2 heterocycles. The van der Waals surface area contributed by atoms with Crippen LogP contribution in [0, 0.1) is 6.92 Å². The summed E-state index contributed by atoms with van der Waals surface area (Å²) < 4.78 is 11.1. The molecular formula is C21H26ClN3O3. The van der Waals surface area contributed by atoms with E-state index in [1.807, 2.05) is 31.2 Å². The molecule has 1 aliphatic heterocycles. The van der Waals surface area contributed by atoms with Gasteiger partial charge in [-0.25, -0.2) is 4.98 Å². The van der Waals surface area contributed by atoms with Gasteiger partial charge < -0.3 is 19.7 Å². The van der Waals surface area contributed by atoms with Gasteiger partial charge in [0.25, 0.3) is 0 Å². The number of hydrogen-bond donors (Lipinski definition) is 1. The van der Waals surface area contributed by atoms with E-state index in [2.05, 4.69) is 15.2 Å². The van der Waals surface area contributed by atoms with Gasteiger partial charge in [-0.1, -0.05) is 11.6 Å². The summed E-state index contributed by atoms with van der Waals surface area (Å²) in [5, 5.41) is 3.66. The van der Waals surface area contributed by atoms with E-state index < -0.39 is 0 Å². The molecule has 0 radical (unpaired) electrons. The second-order valence-electron chi connectivity index (χ2n) is 6.76. The minimum atomic E-state index is 0.0150. The first-order valence-corrected chi connectivity index (χ1v) is 9.93. The third-order valence-electron chi connectivity index (χ3n) is 4.58. The fraction of sp³-hybridized carbons (Fsp3) is 0.429. The first-order valence-electron chi connectivity index (χ1n) is 9.55. The molecule has 0 aliphatic carbocycles. The van der Waals surface area contributed by atoms with Crippen LogP contribution in [-0.4, -0.2) is 43.8 Å². The van der Waals surface area contributed by atoms with Crippen molar-refractivity contribution in [2.24, 2.45) is 0 Å². The lowest BCUT2D eigenvalue weighted by molar-refractivity contribution is -0.121. The number of carbonyl (C=O) groups is 1. The second-order valence-corrected chi connectivity index (χ2v) is 7.20. The van der Waals surface area contributed by atoms with Crippen LogP contribution in [-0.2, 0) is 16.1 Å². The molecule has 6 nitrogen and oxygen atoms in total. The van der Waals surface area contributed by atoms with Gasteiger partial charge in [0, 0.05) is 37.3 Å². The van der Waals surface area contributed by atoms with Crippen molar-refractivity contribution in [1.82, 2.24) is 10.3 Å². The quantitative estimate of drug-likeness (QED) is 0.685. The molecule has 28 heavy (non-hydrogen) atoms. The smallest absolute Gasteiger partial charge is 0.220 e. The number of halogens is 1. The number of ether oxygens (including phenoxy) is 2. The highest BCUT2D eigenvalue weighted by atomic mass is 35.5. The van der Waals surface area contributed by atoms with Gasteiger partial charge in [-0.15, -0.1) is 0 Å². The van der Waals surface area contributed by atoms with Crippen molar-refractivity contribution in [2.45, 2.75) is 26.3 Å². The summed E-state index contributed by atoms with van der Waals surface area (Å²) in [6.07, 6.45) is 2.87. The Morgan fingerprint density at radius 2 is 2.11 bits per heavy atom. The van der Waals surface area contributed by atoms with E-state index in [0.29, 0.717) is 31.0 Å². The van der Waals surface area contributed by atoms with E-state index in [4.69, 9.17) is 21.1 Å². The van der Waals surface area contributed by atoms with Crippen molar-refractivity contribution in [3.8, 4) is 5.75 Å². The zero-order valence-electron chi connectivity index (χ0n) is 16.1. The normalized spacial score (nSPS) is 14.0. The molecule has 1 aromatic heterocycles. The summed E-state index contributed by atoms with van der Waals surface area (Å²) in [6, 6.07) is 9.47. The van der Waals surface area contributed by atoms with Crippen LogP contribution < -0.4 is 15.0 Å². The van der Waals surface area contributed by atoms with Crippen molar-refractivity contribution in [3.63, 3.8) is 0 Å². The maximum atomic E-state index is 12.1. The predicted octanol–water partition coefficient (Wildman–Crippen LogP) is 3.36. The highest BCUT2D eigenvalue weighted by molar-refractivity contribution is 6.30. The number of morpholine rings is 1. The summed E-state index contributed by atoms with van der Waals surface area (Å²) >= 11 is 5.94. The average molecular weight is 404 g/mol. The molecule has 1 fully saturated rings. The van der Waals surface area contributed by atoms with E-state index in [0.717, 1.165) is 49.0 Å². The van der Waals surface area contributed by atoms with Crippen LogP contribution in [0.3, 0.4) is 0 Å². The number of benzene rings is 1. The first-order chi connectivity index (χ1) is 13.6. The van der Waals surface area contributed by atoms with Crippen LogP contribution >= 0.6 is 11.6 Å². The standard InChI is InChI=1S/C21H26ClN3O3/c1-16-13-18(22)4-5-19(16)28-10-2-3-21(26)24-15-17-6-7-23-20(14-17)25-8-11-27-12-9-25/h4-7,13-14H,2-3,8-12,15H2,1H3,(H,24,26). The monoisotopic (exact) mass is 403 g/mol. The third kappa shape index (κ3) is 6.11. The Balaban J connectivity index is 1.38. The number of pyridine rings is 1. The molecule has 1 aromatic carbocycles. The molecule has 150 valence electrons. The van der Waals surface area contributed by atoms with Crippen LogP contribution in [0.1, 0.15) is 24.0 Å². The number of nitrogens with one attached hydrogen (secondary N) is 1. The summed E-state index contributed by atoms with van der Waals surface area (Å²) in [4.78, 5) is 18.7. The van der Waals surface area contributed by atoms with E-state index >= 15 is 0 Å². The molecule has 1 saturated heterocycles. The van der Waals surface area contributed by atoms with Crippen molar-refractivity contribution in [2.75, 3.05) is 37.8 Å². The number of aromatic nitrogens is 1. The van der Waals surface area contributed by atoms with Gasteiger partial charge in [0.05, 0.1) is 19.8 Å². The number of nitrogens with zero attached hydrogens (tertiary/aromatic N) is 2. The molecular weight excluding hydrogens is 378 g/mol. The first kappa shape index (κ1) is 20.4. The van der Waals surface area contributed by atoms with Crippen LogP contribution in [0.25, 0.3) is 0 Å². The Bertz CT molecular complexity index is 794. The second kappa shape index (κ2) is 10.3. The van der Waals surface area contributed by atoms with E-state index in [1.54, 1.807) is 12.3 Å². The average Bonchev–Trinajstić information content (AvgIpc) is 2.72. The van der Waals surface area contributed by atoms with Gasteiger partial charge in [-0.3, -0.25) is 4.79 Å². The van der Waals surface area contributed by atoms with Gasteiger partial charge >= 0.3 is 0 Å². The predicted molar refractivity (Wildman–Crippen MR) is 110 cm³/mol. The number of carbonyl (C=O) groups excluding carboxylic acids is 1. The molecule has 0 atom stereocenters. The molecule has 0 saturated carbocycles. The molecule has 0 bridgehead atoms. The highest BCUT2D eigenvalue weighted by Gasteiger charge is 2.12. The van der Waals surface area contributed by atoms with Crippen LogP contribution in [0.4, 0.5) is 5.82 Å². The zero-order valence-corrected chi connectivity index (χ0v) is 16.9. The lowest BCUT2D eigenvalue weighted by Crippen LogP contribution is -2.36. The number of anilines is 1. The van der Waals surface area contributed by atoms with E-state index in [9.17, 15) is 4.79 Å². The molecule has 3 rings (SSSR count). The lowest BCUT2D eigenvalue weighted by Gasteiger charge is -2.28. The fourth-order valence-corrected chi connectivity index (χ4v) is 3.24.